The summed E-state index contributed by atoms with van der Waals surface area (Å²) < 4.78 is 5.45. The highest BCUT2D eigenvalue weighted by Gasteiger charge is 2.32. The molecule has 0 bridgehead atoms. The third-order valence-electron chi connectivity index (χ3n) is 6.74. The summed E-state index contributed by atoms with van der Waals surface area (Å²) in [6, 6.07) is 18.4. The summed E-state index contributed by atoms with van der Waals surface area (Å²) in [5.41, 5.74) is 1.26. The number of aliphatic hydroxyl groups excluding tert-OH is 2. The van der Waals surface area contributed by atoms with Crippen molar-refractivity contribution in [3.8, 4) is 0 Å². The molecule has 7 heteroatoms. The number of aliphatic hydroxyl groups is 2. The fraction of sp³-hybridized carbons (Fsp3) is 0.533. The van der Waals surface area contributed by atoms with Crippen LogP contribution in [0.15, 0.2) is 60.7 Å². The average molecular weight is 511 g/mol. The number of nitrogens with one attached hydrogen (secondary N) is 2. The number of carbonyl (C=O) groups excluding carboxylic acids is 2. The van der Waals surface area contributed by atoms with Crippen LogP contribution in [0.4, 0.5) is 4.79 Å². The van der Waals surface area contributed by atoms with Crippen LogP contribution in [0.1, 0.15) is 64.0 Å². The lowest BCUT2D eigenvalue weighted by Crippen LogP contribution is -2.50. The molecule has 1 fully saturated rings. The molecule has 202 valence electrons. The molecule has 2 amide bonds. The van der Waals surface area contributed by atoms with Gasteiger partial charge in [-0.3, -0.25) is 4.79 Å². The van der Waals surface area contributed by atoms with Crippen LogP contribution in [0.25, 0.3) is 0 Å². The van der Waals surface area contributed by atoms with Crippen molar-refractivity contribution < 1.29 is 24.5 Å². The maximum absolute atomic E-state index is 13.4. The van der Waals surface area contributed by atoms with Gasteiger partial charge >= 0.3 is 6.09 Å². The molecule has 4 N–H and O–H groups in total. The highest BCUT2D eigenvalue weighted by Crippen LogP contribution is 2.22. The summed E-state index contributed by atoms with van der Waals surface area (Å²) >= 11 is 0. The first-order chi connectivity index (χ1) is 17.6. The first kappa shape index (κ1) is 28.7. The number of rotatable bonds is 10. The second kappa shape index (κ2) is 13.6. The van der Waals surface area contributed by atoms with Crippen molar-refractivity contribution in [2.24, 2.45) is 5.92 Å². The van der Waals surface area contributed by atoms with Crippen LogP contribution in [0.5, 0.6) is 0 Å². The van der Waals surface area contributed by atoms with Crippen LogP contribution in [-0.4, -0.2) is 52.1 Å². The molecular formula is C30H42N2O5. The zero-order chi connectivity index (χ0) is 26.8. The molecule has 0 spiro atoms. The van der Waals surface area contributed by atoms with Crippen molar-refractivity contribution in [1.82, 2.24) is 10.6 Å². The van der Waals surface area contributed by atoms with E-state index in [2.05, 4.69) is 10.6 Å². The first-order valence-corrected chi connectivity index (χ1v) is 13.3. The smallest absolute Gasteiger partial charge is 0.407 e. The van der Waals surface area contributed by atoms with Gasteiger partial charge in [-0.1, -0.05) is 73.5 Å². The Kier molecular flexibility index (Phi) is 10.5. The lowest BCUT2D eigenvalue weighted by molar-refractivity contribution is -0.128. The van der Waals surface area contributed by atoms with Crippen molar-refractivity contribution in [2.45, 2.75) is 95.6 Å². The molecule has 0 saturated heterocycles. The number of hydrogen-bond acceptors (Lipinski definition) is 5. The van der Waals surface area contributed by atoms with Gasteiger partial charge in [0.2, 0.25) is 5.91 Å². The van der Waals surface area contributed by atoms with E-state index in [1.807, 2.05) is 60.7 Å². The molecule has 1 saturated carbocycles. The summed E-state index contributed by atoms with van der Waals surface area (Å²) in [4.78, 5) is 26.1. The van der Waals surface area contributed by atoms with E-state index < -0.39 is 35.9 Å². The molecule has 0 heterocycles. The van der Waals surface area contributed by atoms with E-state index in [9.17, 15) is 19.8 Å². The second-order valence-corrected chi connectivity index (χ2v) is 11.1. The van der Waals surface area contributed by atoms with Gasteiger partial charge in [-0.15, -0.1) is 0 Å². The lowest BCUT2D eigenvalue weighted by Gasteiger charge is -2.32. The Labute approximate surface area is 220 Å². The third-order valence-corrected chi connectivity index (χ3v) is 6.74. The van der Waals surface area contributed by atoms with Crippen molar-refractivity contribution in [3.63, 3.8) is 0 Å². The Morgan fingerprint density at radius 3 is 2.08 bits per heavy atom. The fourth-order valence-electron chi connectivity index (χ4n) is 4.83. The quantitative estimate of drug-likeness (QED) is 0.384. The van der Waals surface area contributed by atoms with E-state index in [4.69, 9.17) is 4.74 Å². The molecule has 2 aromatic carbocycles. The van der Waals surface area contributed by atoms with E-state index in [0.29, 0.717) is 19.3 Å². The van der Waals surface area contributed by atoms with Crippen molar-refractivity contribution in [2.75, 3.05) is 0 Å². The van der Waals surface area contributed by atoms with E-state index in [1.165, 1.54) is 0 Å². The van der Waals surface area contributed by atoms with Crippen molar-refractivity contribution >= 4 is 12.0 Å². The minimum Gasteiger partial charge on any atom is -0.444 e. The van der Waals surface area contributed by atoms with Gasteiger partial charge in [0, 0.05) is 5.92 Å². The van der Waals surface area contributed by atoms with Crippen LogP contribution < -0.4 is 10.6 Å². The Morgan fingerprint density at radius 1 is 0.946 bits per heavy atom. The Bertz CT molecular complexity index is 976. The maximum atomic E-state index is 13.4. The van der Waals surface area contributed by atoms with Crippen molar-refractivity contribution in [1.29, 1.82) is 0 Å². The first-order valence-electron chi connectivity index (χ1n) is 13.3. The lowest BCUT2D eigenvalue weighted by atomic mass is 9.87. The van der Waals surface area contributed by atoms with Gasteiger partial charge in [0.25, 0.3) is 0 Å². The van der Waals surface area contributed by atoms with Crippen LogP contribution in [0, 0.1) is 5.92 Å². The predicted molar refractivity (Wildman–Crippen MR) is 144 cm³/mol. The van der Waals surface area contributed by atoms with E-state index in [1.54, 1.807) is 20.8 Å². The van der Waals surface area contributed by atoms with E-state index in [-0.39, 0.29) is 18.4 Å². The van der Waals surface area contributed by atoms with Gasteiger partial charge in [-0.05, 0) is 64.0 Å². The minimum atomic E-state index is -0.997. The molecule has 3 rings (SSSR count). The molecule has 7 nitrogen and oxygen atoms in total. The zero-order valence-electron chi connectivity index (χ0n) is 22.2. The monoisotopic (exact) mass is 510 g/mol. The normalized spacial score (nSPS) is 20.4. The number of alkyl carbamates (subject to hydrolysis) is 1. The molecule has 5 atom stereocenters. The molecule has 1 aliphatic carbocycles. The number of benzene rings is 2. The summed E-state index contributed by atoms with van der Waals surface area (Å²) in [6.07, 6.45) is 2.16. The number of carbonyl (C=O) groups is 2. The summed E-state index contributed by atoms with van der Waals surface area (Å²) in [5.74, 6) is -0.727. The molecule has 0 radical (unpaired) electrons. The molecule has 0 aliphatic heterocycles. The predicted octanol–water partition coefficient (Wildman–Crippen LogP) is 4.15. The topological polar surface area (TPSA) is 108 Å². The summed E-state index contributed by atoms with van der Waals surface area (Å²) in [5, 5.41) is 27.6. The molecule has 1 aliphatic rings. The van der Waals surface area contributed by atoms with Crippen LogP contribution in [-0.2, 0) is 22.4 Å². The van der Waals surface area contributed by atoms with Crippen LogP contribution in [0.3, 0.4) is 0 Å². The average Bonchev–Trinajstić information content (AvgIpc) is 2.84. The zero-order valence-corrected chi connectivity index (χ0v) is 22.2. The third kappa shape index (κ3) is 9.82. The molecular weight excluding hydrogens is 468 g/mol. The van der Waals surface area contributed by atoms with Gasteiger partial charge < -0.3 is 25.6 Å². The van der Waals surface area contributed by atoms with Crippen LogP contribution >= 0.6 is 0 Å². The SMILES string of the molecule is CC(C)(C)OC(=O)N[C@@H](Cc1ccccc1)[C@@H](O)C[C@@H](Cc1ccccc1)C(=O)N[C@@H]1CCCC[C@H]1O. The van der Waals surface area contributed by atoms with Crippen molar-refractivity contribution in [3.05, 3.63) is 71.8 Å². The minimum absolute atomic E-state index is 0.150. The molecule has 2 aromatic rings. The standard InChI is InChI=1S/C30H42N2O5/c1-30(2,3)37-29(36)32-25(19-22-14-8-5-9-15-22)27(34)20-23(18-21-12-6-4-7-13-21)28(35)31-24-16-10-11-17-26(24)33/h4-9,12-15,23-27,33-34H,10-11,16-20H2,1-3H3,(H,31,35)(H,32,36)/t23-,24-,25+,26-,27+/m1/s1. The van der Waals surface area contributed by atoms with Gasteiger partial charge in [0.05, 0.1) is 24.3 Å². The largest absolute Gasteiger partial charge is 0.444 e. The van der Waals surface area contributed by atoms with E-state index in [0.717, 1.165) is 30.4 Å². The van der Waals surface area contributed by atoms with Crippen LogP contribution in [0.2, 0.25) is 0 Å². The summed E-state index contributed by atoms with van der Waals surface area (Å²) in [7, 11) is 0. The second-order valence-electron chi connectivity index (χ2n) is 11.1. The van der Waals surface area contributed by atoms with E-state index >= 15 is 0 Å². The van der Waals surface area contributed by atoms with Gasteiger partial charge in [-0.25, -0.2) is 4.79 Å². The maximum Gasteiger partial charge on any atom is 0.407 e. The fourth-order valence-corrected chi connectivity index (χ4v) is 4.83. The van der Waals surface area contributed by atoms with Gasteiger partial charge in [0.1, 0.15) is 5.60 Å². The molecule has 0 unspecified atom stereocenters. The number of ether oxygens (including phenoxy) is 1. The van der Waals surface area contributed by atoms with Gasteiger partial charge in [0.15, 0.2) is 0 Å². The number of amides is 2. The molecule has 37 heavy (non-hydrogen) atoms. The van der Waals surface area contributed by atoms with Gasteiger partial charge in [-0.2, -0.15) is 0 Å². The Morgan fingerprint density at radius 2 is 1.51 bits per heavy atom. The Balaban J connectivity index is 1.77. The Hall–Kier alpha value is -2.90. The summed E-state index contributed by atoms with van der Waals surface area (Å²) in [6.45, 7) is 5.36. The number of hydrogen-bond donors (Lipinski definition) is 4. The highest BCUT2D eigenvalue weighted by molar-refractivity contribution is 5.79. The molecule has 0 aromatic heterocycles. The highest BCUT2D eigenvalue weighted by atomic mass is 16.6.